The molecule has 1 aliphatic heterocycles. The fraction of sp³-hybridized carbons (Fsp3) is 0.440. The summed E-state index contributed by atoms with van der Waals surface area (Å²) in [4.78, 5) is 18.8. The number of carbonyl (C=O) groups is 1. The normalized spacial score (nSPS) is 14.4. The van der Waals surface area contributed by atoms with Crippen molar-refractivity contribution in [2.75, 3.05) is 26.7 Å². The van der Waals surface area contributed by atoms with E-state index in [1.165, 1.54) is 5.56 Å². The molecule has 0 aromatic heterocycles. The second-order valence-corrected chi connectivity index (χ2v) is 7.90. The van der Waals surface area contributed by atoms with Crippen molar-refractivity contribution < 1.29 is 9.53 Å². The van der Waals surface area contributed by atoms with E-state index in [2.05, 4.69) is 46.7 Å². The number of guanidine groups is 1. The van der Waals surface area contributed by atoms with Crippen LogP contribution in [-0.2, 0) is 17.9 Å². The van der Waals surface area contributed by atoms with Crippen LogP contribution in [0.15, 0.2) is 59.6 Å². The van der Waals surface area contributed by atoms with E-state index in [0.29, 0.717) is 25.5 Å². The van der Waals surface area contributed by atoms with Gasteiger partial charge in [-0.1, -0.05) is 42.5 Å². The Morgan fingerprint density at radius 1 is 1.06 bits per heavy atom. The molecule has 2 aromatic carbocycles. The first-order valence-corrected chi connectivity index (χ1v) is 11.2. The second-order valence-electron chi connectivity index (χ2n) is 7.90. The van der Waals surface area contributed by atoms with E-state index in [1.807, 2.05) is 30.3 Å². The summed E-state index contributed by atoms with van der Waals surface area (Å²) >= 11 is 0. The number of rotatable bonds is 8. The summed E-state index contributed by atoms with van der Waals surface area (Å²) in [5.74, 6) is 2.43. The Balaban J connectivity index is 0.00000363. The van der Waals surface area contributed by atoms with Crippen molar-refractivity contribution in [2.45, 2.75) is 39.3 Å². The number of nitrogens with zero attached hydrogens (tertiary/aromatic N) is 2. The lowest BCUT2D eigenvalue weighted by Gasteiger charge is -2.34. The van der Waals surface area contributed by atoms with Crippen LogP contribution in [0, 0.1) is 5.92 Å². The molecule has 3 rings (SSSR count). The van der Waals surface area contributed by atoms with Gasteiger partial charge < -0.3 is 20.3 Å². The maximum absolute atomic E-state index is 11.6. The average molecular weight is 550 g/mol. The summed E-state index contributed by atoms with van der Waals surface area (Å²) in [6.45, 7) is 6.00. The number of nitrogens with one attached hydrogen (secondary N) is 2. The maximum atomic E-state index is 11.6. The van der Waals surface area contributed by atoms with Crippen LogP contribution in [0.1, 0.15) is 37.3 Å². The van der Waals surface area contributed by atoms with Gasteiger partial charge in [-0.3, -0.25) is 4.79 Å². The van der Waals surface area contributed by atoms with Crippen molar-refractivity contribution in [3.8, 4) is 5.75 Å². The highest BCUT2D eigenvalue weighted by Gasteiger charge is 2.23. The van der Waals surface area contributed by atoms with Crippen molar-refractivity contribution in [1.29, 1.82) is 0 Å². The smallest absolute Gasteiger partial charge is 0.220 e. The molecule has 174 valence electrons. The van der Waals surface area contributed by atoms with Crippen LogP contribution in [0.3, 0.4) is 0 Å². The molecule has 32 heavy (non-hydrogen) atoms. The molecule has 0 unspecified atom stereocenters. The zero-order valence-electron chi connectivity index (χ0n) is 19.0. The molecule has 0 bridgehead atoms. The fourth-order valence-corrected chi connectivity index (χ4v) is 3.73. The zero-order valence-corrected chi connectivity index (χ0v) is 21.4. The Labute approximate surface area is 208 Å². The predicted octanol–water partition coefficient (Wildman–Crippen LogP) is 4.20. The summed E-state index contributed by atoms with van der Waals surface area (Å²) < 4.78 is 5.81. The first-order chi connectivity index (χ1) is 15.2. The molecule has 0 spiro atoms. The van der Waals surface area contributed by atoms with E-state index in [1.54, 1.807) is 7.05 Å². The Morgan fingerprint density at radius 2 is 1.72 bits per heavy atom. The lowest BCUT2D eigenvalue weighted by molar-refractivity contribution is -0.121. The van der Waals surface area contributed by atoms with Gasteiger partial charge in [0.15, 0.2) is 5.96 Å². The van der Waals surface area contributed by atoms with Crippen molar-refractivity contribution in [3.63, 3.8) is 0 Å². The number of ether oxygens (including phenoxy) is 1. The van der Waals surface area contributed by atoms with Crippen LogP contribution in [0.4, 0.5) is 0 Å². The predicted molar refractivity (Wildman–Crippen MR) is 140 cm³/mol. The third-order valence-electron chi connectivity index (χ3n) is 5.58. The van der Waals surface area contributed by atoms with Crippen molar-refractivity contribution in [2.24, 2.45) is 10.9 Å². The molecule has 6 nitrogen and oxygen atoms in total. The Bertz CT molecular complexity index is 835. The molecule has 1 heterocycles. The minimum absolute atomic E-state index is 0. The van der Waals surface area contributed by atoms with Crippen LogP contribution >= 0.6 is 24.0 Å². The van der Waals surface area contributed by atoms with Crippen LogP contribution in [0.2, 0.25) is 0 Å². The molecule has 1 fully saturated rings. The molecule has 1 amide bonds. The number of hydrogen-bond donors (Lipinski definition) is 2. The van der Waals surface area contributed by atoms with Gasteiger partial charge in [0.2, 0.25) is 5.91 Å². The van der Waals surface area contributed by atoms with E-state index in [4.69, 9.17) is 9.73 Å². The fourth-order valence-electron chi connectivity index (χ4n) is 3.73. The number of likely N-dealkylation sites (tertiary alicyclic amines) is 1. The monoisotopic (exact) mass is 550 g/mol. The molecule has 0 atom stereocenters. The number of hydrogen-bond acceptors (Lipinski definition) is 3. The molecule has 7 heteroatoms. The summed E-state index contributed by atoms with van der Waals surface area (Å²) in [5, 5.41) is 6.14. The van der Waals surface area contributed by atoms with Gasteiger partial charge in [0.05, 0.1) is 6.54 Å². The summed E-state index contributed by atoms with van der Waals surface area (Å²) in [7, 11) is 1.70. The molecular formula is C25H35IN4O2. The van der Waals surface area contributed by atoms with Crippen molar-refractivity contribution in [3.05, 3.63) is 65.7 Å². The highest BCUT2D eigenvalue weighted by atomic mass is 127. The average Bonchev–Trinajstić information content (AvgIpc) is 2.82. The highest BCUT2D eigenvalue weighted by Crippen LogP contribution is 2.20. The van der Waals surface area contributed by atoms with Gasteiger partial charge in [-0.15, -0.1) is 24.0 Å². The molecule has 2 N–H and O–H groups in total. The number of amides is 1. The zero-order chi connectivity index (χ0) is 21.9. The maximum Gasteiger partial charge on any atom is 0.220 e. The number of aliphatic imine (C=N–C) groups is 1. The van der Waals surface area contributed by atoms with Gasteiger partial charge in [-0.25, -0.2) is 4.99 Å². The summed E-state index contributed by atoms with van der Waals surface area (Å²) in [6, 6.07) is 18.3. The molecule has 0 aliphatic carbocycles. The van der Waals surface area contributed by atoms with E-state index in [9.17, 15) is 4.79 Å². The van der Waals surface area contributed by atoms with E-state index in [-0.39, 0.29) is 29.9 Å². The largest absolute Gasteiger partial charge is 0.489 e. The van der Waals surface area contributed by atoms with Gasteiger partial charge in [0.1, 0.15) is 12.4 Å². The van der Waals surface area contributed by atoms with Crippen molar-refractivity contribution in [1.82, 2.24) is 15.5 Å². The first-order valence-electron chi connectivity index (χ1n) is 11.2. The minimum atomic E-state index is 0. The van der Waals surface area contributed by atoms with Crippen LogP contribution in [-0.4, -0.2) is 43.4 Å². The van der Waals surface area contributed by atoms with Gasteiger partial charge >= 0.3 is 0 Å². The topological polar surface area (TPSA) is 66.0 Å². The SMILES string of the molecule is CCNC(=NCc1ccc(COc2ccccc2)cc1)N1CCC(CC(=O)NC)CC1.I. The first kappa shape index (κ1) is 26.0. The highest BCUT2D eigenvalue weighted by molar-refractivity contribution is 14.0. The molecule has 2 aromatic rings. The number of piperidine rings is 1. The Hall–Kier alpha value is -2.29. The van der Waals surface area contributed by atoms with Crippen LogP contribution < -0.4 is 15.4 Å². The molecule has 0 radical (unpaired) electrons. The number of benzene rings is 2. The van der Waals surface area contributed by atoms with Gasteiger partial charge in [0, 0.05) is 33.1 Å². The number of carbonyl (C=O) groups excluding carboxylic acids is 1. The Morgan fingerprint density at radius 3 is 2.34 bits per heavy atom. The third kappa shape index (κ3) is 8.33. The van der Waals surface area contributed by atoms with E-state index in [0.717, 1.165) is 49.7 Å². The van der Waals surface area contributed by atoms with Crippen LogP contribution in [0.5, 0.6) is 5.75 Å². The number of para-hydroxylation sites is 1. The van der Waals surface area contributed by atoms with E-state index < -0.39 is 0 Å². The third-order valence-corrected chi connectivity index (χ3v) is 5.58. The molecular weight excluding hydrogens is 515 g/mol. The molecule has 0 saturated carbocycles. The molecule has 1 saturated heterocycles. The minimum Gasteiger partial charge on any atom is -0.489 e. The standard InChI is InChI=1S/C25H34N4O2.HI/c1-3-27-25(29-15-13-20(14-16-29)17-24(30)26-2)28-18-21-9-11-22(12-10-21)19-31-23-7-5-4-6-8-23;/h4-12,20H,3,13-19H2,1-2H3,(H,26,30)(H,27,28);1H. The van der Waals surface area contributed by atoms with Gasteiger partial charge in [0.25, 0.3) is 0 Å². The van der Waals surface area contributed by atoms with Gasteiger partial charge in [-0.05, 0) is 48.9 Å². The summed E-state index contributed by atoms with van der Waals surface area (Å²) in [6.07, 6.45) is 2.67. The molecule has 1 aliphatic rings. The Kier molecular flexibility index (Phi) is 11.3. The van der Waals surface area contributed by atoms with Gasteiger partial charge in [-0.2, -0.15) is 0 Å². The summed E-state index contributed by atoms with van der Waals surface area (Å²) in [5.41, 5.74) is 2.31. The lowest BCUT2D eigenvalue weighted by atomic mass is 9.93. The lowest BCUT2D eigenvalue weighted by Crippen LogP contribution is -2.46. The van der Waals surface area contributed by atoms with Crippen molar-refractivity contribution >= 4 is 35.8 Å². The quantitative estimate of drug-likeness (QED) is 0.294. The second kappa shape index (κ2) is 14.0. The van der Waals surface area contributed by atoms with Crippen LogP contribution in [0.25, 0.3) is 0 Å². The number of halogens is 1. The van der Waals surface area contributed by atoms with E-state index >= 15 is 0 Å².